The van der Waals surface area contributed by atoms with Crippen molar-refractivity contribution in [2.75, 3.05) is 15.6 Å². The summed E-state index contributed by atoms with van der Waals surface area (Å²) in [4.78, 5) is 16.2. The third-order valence-electron chi connectivity index (χ3n) is 4.01. The van der Waals surface area contributed by atoms with Gasteiger partial charge >= 0.3 is 22.2 Å². The molecule has 0 fully saturated rings. The normalized spacial score (nSPS) is 11.8. The number of anilines is 3. The Morgan fingerprint density at radius 3 is 1.77 bits per heavy atom. The fraction of sp³-hybridized carbons (Fsp3) is 0. The van der Waals surface area contributed by atoms with Crippen LogP contribution in [0.15, 0.2) is 75.8 Å². The van der Waals surface area contributed by atoms with Crippen molar-refractivity contribution in [3.63, 3.8) is 0 Å². The monoisotopic (exact) mass is 438 g/mol. The zero-order chi connectivity index (χ0) is 21.3. The van der Waals surface area contributed by atoms with Gasteiger partial charge in [0, 0.05) is 16.9 Å². The van der Waals surface area contributed by atoms with E-state index in [1.165, 1.54) is 12.4 Å². The highest BCUT2D eigenvalue weighted by atomic mass is 32.2. The van der Waals surface area contributed by atoms with Crippen LogP contribution in [0, 0.1) is 0 Å². The highest BCUT2D eigenvalue weighted by Crippen LogP contribution is 2.22. The zero-order valence-corrected chi connectivity index (χ0v) is 16.4. The van der Waals surface area contributed by atoms with Gasteiger partial charge in [0.25, 0.3) is 0 Å². The molecule has 13 heteroatoms. The number of benzene rings is 2. The second-order valence-corrected chi connectivity index (χ2v) is 7.66. The highest BCUT2D eigenvalue weighted by Gasteiger charge is 2.27. The van der Waals surface area contributed by atoms with Gasteiger partial charge in [-0.2, -0.15) is 18.4 Å². The first-order valence-electron chi connectivity index (χ1n) is 8.91. The Kier molecular flexibility index (Phi) is 4.57. The summed E-state index contributed by atoms with van der Waals surface area (Å²) >= 11 is 0. The number of oxazole rings is 2. The number of aromatic nitrogens is 4. The van der Waals surface area contributed by atoms with Gasteiger partial charge in [-0.05, 0) is 30.3 Å². The first kappa shape index (κ1) is 18.8. The maximum atomic E-state index is 13.0. The first-order chi connectivity index (χ1) is 15.1. The molecule has 0 saturated heterocycles. The number of fused-ring (bicyclic) bond motifs is 2. The van der Waals surface area contributed by atoms with Crippen LogP contribution in [-0.2, 0) is 10.2 Å². The van der Waals surface area contributed by atoms with Crippen LogP contribution in [0.3, 0.4) is 0 Å². The molecule has 0 radical (unpaired) electrons. The van der Waals surface area contributed by atoms with Crippen LogP contribution >= 0.6 is 0 Å². The van der Waals surface area contributed by atoms with Gasteiger partial charge in [-0.15, -0.1) is 0 Å². The molecule has 0 aliphatic heterocycles. The van der Waals surface area contributed by atoms with Crippen molar-refractivity contribution in [3.05, 3.63) is 67.0 Å². The third kappa shape index (κ3) is 3.94. The molecule has 0 aliphatic rings. The molecule has 0 atom stereocenters. The van der Waals surface area contributed by atoms with E-state index in [-0.39, 0.29) is 18.0 Å². The van der Waals surface area contributed by atoms with Gasteiger partial charge in [-0.1, -0.05) is 24.3 Å². The fourth-order valence-electron chi connectivity index (χ4n) is 2.67. The molecule has 12 nitrogen and oxygen atoms in total. The van der Waals surface area contributed by atoms with Crippen LogP contribution in [0.5, 0.6) is 0 Å². The average Bonchev–Trinajstić information content (AvgIpc) is 3.36. The fourth-order valence-corrected chi connectivity index (χ4v) is 3.50. The second kappa shape index (κ2) is 7.55. The molecular weight excluding hydrogens is 424 g/mol. The Morgan fingerprint density at radius 2 is 1.26 bits per heavy atom. The minimum Gasteiger partial charge on any atom is -0.423 e. The molecule has 0 bridgehead atoms. The Morgan fingerprint density at radius 1 is 0.742 bits per heavy atom. The van der Waals surface area contributed by atoms with Gasteiger partial charge in [0.1, 0.15) is 11.0 Å². The van der Waals surface area contributed by atoms with E-state index in [0.717, 1.165) is 0 Å². The van der Waals surface area contributed by atoms with E-state index in [1.807, 2.05) is 0 Å². The van der Waals surface area contributed by atoms with E-state index in [2.05, 4.69) is 35.5 Å². The van der Waals surface area contributed by atoms with E-state index >= 15 is 0 Å². The minimum atomic E-state index is -4.31. The summed E-state index contributed by atoms with van der Waals surface area (Å²) in [6.07, 6.45) is 2.80. The van der Waals surface area contributed by atoms with Crippen LogP contribution in [0.1, 0.15) is 0 Å². The lowest BCUT2D eigenvalue weighted by molar-refractivity contribution is 0.474. The number of hydrogen-bond donors (Lipinski definition) is 3. The molecule has 3 aromatic heterocycles. The van der Waals surface area contributed by atoms with Gasteiger partial charge < -0.3 is 8.83 Å². The molecular formula is C18H14N8O4S. The quantitative estimate of drug-likeness (QED) is 0.323. The predicted octanol–water partition coefficient (Wildman–Crippen LogP) is 2.77. The summed E-state index contributed by atoms with van der Waals surface area (Å²) < 4.78 is 40.0. The summed E-state index contributed by atoms with van der Waals surface area (Å²) in [7, 11) is -4.31. The van der Waals surface area contributed by atoms with Gasteiger partial charge in [-0.3, -0.25) is 0 Å². The average molecular weight is 438 g/mol. The van der Waals surface area contributed by atoms with Crippen molar-refractivity contribution in [2.24, 2.45) is 0 Å². The topological polar surface area (TPSA) is 151 Å². The molecule has 0 saturated carbocycles. The summed E-state index contributed by atoms with van der Waals surface area (Å²) in [5.41, 5.74) is 7.16. The maximum Gasteiger partial charge on any atom is 0.339 e. The van der Waals surface area contributed by atoms with Crippen molar-refractivity contribution >= 4 is 50.4 Å². The van der Waals surface area contributed by atoms with Crippen LogP contribution < -0.4 is 15.6 Å². The number of hydrazine groups is 2. The van der Waals surface area contributed by atoms with Crippen molar-refractivity contribution < 1.29 is 17.3 Å². The van der Waals surface area contributed by atoms with Crippen LogP contribution in [0.2, 0.25) is 0 Å². The Balaban J connectivity index is 1.48. The lowest BCUT2D eigenvalue weighted by Gasteiger charge is -2.21. The van der Waals surface area contributed by atoms with Crippen LogP contribution in [0.25, 0.3) is 22.2 Å². The Hall–Kier alpha value is -4.23. The molecule has 0 aliphatic carbocycles. The predicted molar refractivity (Wildman–Crippen MR) is 112 cm³/mol. The summed E-state index contributed by atoms with van der Waals surface area (Å²) in [5, 5.41) is 0. The minimum absolute atomic E-state index is 0.0795. The van der Waals surface area contributed by atoms with Gasteiger partial charge in [-0.25, -0.2) is 25.5 Å². The van der Waals surface area contributed by atoms with E-state index in [0.29, 0.717) is 26.7 Å². The lowest BCUT2D eigenvalue weighted by atomic mass is 10.3. The molecule has 5 rings (SSSR count). The maximum absolute atomic E-state index is 13.0. The number of hydrogen-bond acceptors (Lipinski definition) is 10. The summed E-state index contributed by atoms with van der Waals surface area (Å²) in [5.74, 6) is -0.133. The highest BCUT2D eigenvalue weighted by molar-refractivity contribution is 7.90. The molecule has 3 N–H and O–H groups in total. The Labute approximate surface area is 175 Å². The number of nitrogens with zero attached hydrogens (tertiary/aromatic N) is 5. The molecule has 156 valence electrons. The third-order valence-corrected chi connectivity index (χ3v) is 5.11. The molecule has 5 aromatic rings. The largest absolute Gasteiger partial charge is 0.423 e. The molecule has 0 unspecified atom stereocenters. The number of para-hydroxylation sites is 4. The second-order valence-electron chi connectivity index (χ2n) is 6.14. The van der Waals surface area contributed by atoms with Gasteiger partial charge in [0.15, 0.2) is 11.2 Å². The zero-order valence-electron chi connectivity index (χ0n) is 15.6. The SMILES string of the molecule is O=S(=O)(Nc1ncccn1)N(Nc1nc2ccccc2o1)Nc1nc2ccccc2o1. The lowest BCUT2D eigenvalue weighted by Crippen LogP contribution is -2.44. The summed E-state index contributed by atoms with van der Waals surface area (Å²) in [6, 6.07) is 15.4. The smallest absolute Gasteiger partial charge is 0.339 e. The van der Waals surface area contributed by atoms with Crippen molar-refractivity contribution in [2.45, 2.75) is 0 Å². The van der Waals surface area contributed by atoms with Crippen molar-refractivity contribution in [1.82, 2.24) is 24.5 Å². The standard InChI is InChI=1S/C18H14N8O4S/c27-31(28,25-16-19-10-5-11-20-16)26(23-17-21-12-6-1-3-8-14(12)29-17)24-18-22-13-7-2-4-9-15(13)30-18/h1-11H,(H,21,23)(H,22,24)(H,19,20,25). The Bertz CT molecular complexity index is 1310. The van der Waals surface area contributed by atoms with E-state index in [9.17, 15) is 8.42 Å². The molecule has 0 spiro atoms. The van der Waals surface area contributed by atoms with E-state index in [1.54, 1.807) is 54.6 Å². The molecule has 31 heavy (non-hydrogen) atoms. The number of rotatable bonds is 7. The van der Waals surface area contributed by atoms with E-state index < -0.39 is 10.2 Å². The summed E-state index contributed by atoms with van der Waals surface area (Å²) in [6.45, 7) is 0. The van der Waals surface area contributed by atoms with Crippen molar-refractivity contribution in [1.29, 1.82) is 0 Å². The van der Waals surface area contributed by atoms with E-state index in [4.69, 9.17) is 8.83 Å². The molecule has 0 amide bonds. The van der Waals surface area contributed by atoms with Gasteiger partial charge in [0.2, 0.25) is 5.95 Å². The number of nitrogens with one attached hydrogen (secondary N) is 3. The van der Waals surface area contributed by atoms with Gasteiger partial charge in [0.05, 0.1) is 0 Å². The van der Waals surface area contributed by atoms with Crippen LogP contribution in [-0.4, -0.2) is 32.9 Å². The first-order valence-corrected chi connectivity index (χ1v) is 10.4. The van der Waals surface area contributed by atoms with Crippen LogP contribution in [0.4, 0.5) is 18.0 Å². The molecule has 2 aromatic carbocycles. The van der Waals surface area contributed by atoms with Crippen molar-refractivity contribution in [3.8, 4) is 0 Å². The molecule has 3 heterocycles.